The molecular formula is C13H27NO6P2S2Zn. The van der Waals surface area contributed by atoms with Crippen molar-refractivity contribution >= 4 is 41.2 Å². The predicted octanol–water partition coefficient (Wildman–Crippen LogP) is 1.03. The third-order valence-corrected chi connectivity index (χ3v) is 7.70. The van der Waals surface area contributed by atoms with E-state index in [-0.39, 0.29) is 4.13 Å². The third-order valence-electron chi connectivity index (χ3n) is 2.89. The molecule has 25 heavy (non-hydrogen) atoms. The average Bonchev–Trinajstić information content (AvgIpc) is 2.36. The van der Waals surface area contributed by atoms with Gasteiger partial charge in [0.2, 0.25) is 0 Å². The molecule has 0 aliphatic carbocycles. The molecule has 0 amide bonds. The van der Waals surface area contributed by atoms with Crippen molar-refractivity contribution in [2.45, 2.75) is 43.7 Å². The maximum atomic E-state index is 7.56. The molecule has 0 radical (unpaired) electrons. The van der Waals surface area contributed by atoms with E-state index >= 15 is 0 Å². The first-order valence-electron chi connectivity index (χ1n) is 7.59. The van der Waals surface area contributed by atoms with Gasteiger partial charge in [0, 0.05) is 0 Å². The molecule has 7 nitrogen and oxygen atoms in total. The molecule has 12 heteroatoms. The maximum absolute atomic E-state index is 7.56. The Hall–Kier alpha value is 0.863. The summed E-state index contributed by atoms with van der Waals surface area (Å²) in [4.78, 5) is 45.3. The van der Waals surface area contributed by atoms with Crippen LogP contribution in [0.4, 0.5) is 0 Å². The number of rotatable bonds is 6. The van der Waals surface area contributed by atoms with Gasteiger partial charge in [-0.1, -0.05) is 0 Å². The molecule has 0 unspecified atom stereocenters. The van der Waals surface area contributed by atoms with Gasteiger partial charge in [-0.15, -0.1) is 0 Å². The second-order valence-corrected chi connectivity index (χ2v) is 16.0. The monoisotopic (exact) mass is 483 g/mol. The van der Waals surface area contributed by atoms with Gasteiger partial charge < -0.3 is 29.4 Å². The number of hydrogen-bond acceptors (Lipinski definition) is 3. The zero-order valence-corrected chi connectivity index (χ0v) is 20.8. The van der Waals surface area contributed by atoms with E-state index in [9.17, 15) is 0 Å². The van der Waals surface area contributed by atoms with Crippen LogP contribution in [0.2, 0.25) is 0 Å². The van der Waals surface area contributed by atoms with Crippen molar-refractivity contribution in [3.05, 3.63) is 30.3 Å². The molecule has 0 aliphatic heterocycles. The van der Waals surface area contributed by atoms with Gasteiger partial charge in [0.15, 0.2) is 0 Å². The molecule has 0 aliphatic rings. The Balaban J connectivity index is 0. The summed E-state index contributed by atoms with van der Waals surface area (Å²) in [6.45, 7) is -3.13. The van der Waals surface area contributed by atoms with Gasteiger partial charge in [0.25, 0.3) is 0 Å². The molecule has 1 aromatic carbocycles. The average molecular weight is 485 g/mol. The Bertz CT molecular complexity index is 512. The second-order valence-electron chi connectivity index (χ2n) is 5.55. The second kappa shape index (κ2) is 13.9. The minimum atomic E-state index is -3.81. The fourth-order valence-corrected chi connectivity index (χ4v) is 7.30. The van der Waals surface area contributed by atoms with Crippen LogP contribution >= 0.6 is 13.4 Å². The normalized spacial score (nSPS) is 11.4. The Kier molecular flexibility index (Phi) is 15.7. The summed E-state index contributed by atoms with van der Waals surface area (Å²) in [6, 6.07) is 10.9. The van der Waals surface area contributed by atoms with Crippen molar-refractivity contribution in [3.63, 3.8) is 0 Å². The summed E-state index contributed by atoms with van der Waals surface area (Å²) in [7, 11) is 0. The molecule has 144 valence electrons. The van der Waals surface area contributed by atoms with Crippen molar-refractivity contribution < 1.29 is 46.5 Å². The van der Waals surface area contributed by atoms with E-state index in [0.29, 0.717) is 0 Å². The van der Waals surface area contributed by atoms with Crippen LogP contribution in [0.3, 0.4) is 0 Å². The predicted molar refractivity (Wildman–Crippen MR) is 105 cm³/mol. The first kappa shape index (κ1) is 28.1. The van der Waals surface area contributed by atoms with Crippen molar-refractivity contribution in [1.29, 1.82) is 0 Å². The van der Waals surface area contributed by atoms with Crippen molar-refractivity contribution in [3.8, 4) is 0 Å². The topological polar surface area (TPSA) is 147 Å². The van der Waals surface area contributed by atoms with Crippen LogP contribution < -0.4 is 9.89 Å². The van der Waals surface area contributed by atoms with Gasteiger partial charge >= 0.3 is 114 Å². The number of benzene rings is 1. The van der Waals surface area contributed by atoms with Crippen LogP contribution in [-0.2, 0) is 40.7 Å². The molecule has 1 aromatic rings. The molecule has 8 N–H and O–H groups in total. The Morgan fingerprint density at radius 1 is 0.880 bits per heavy atom. The fraction of sp³-hybridized carbons (Fsp3) is 0.538. The molecule has 0 heterocycles. The Labute approximate surface area is 167 Å². The quantitative estimate of drug-likeness (QED) is 0.232. The number of nitrogens with two attached hydrogens (primary N) is 1. The summed E-state index contributed by atoms with van der Waals surface area (Å²) in [5.74, 6) is 0. The van der Waals surface area contributed by atoms with Crippen LogP contribution in [-0.4, -0.2) is 33.5 Å². The van der Waals surface area contributed by atoms with E-state index in [0.717, 1.165) is 0 Å². The summed E-state index contributed by atoms with van der Waals surface area (Å²) in [5.41, 5.74) is 6.53. The first-order valence-corrected chi connectivity index (χ1v) is 15.9. The van der Waals surface area contributed by atoms with E-state index in [1.807, 2.05) is 0 Å². The van der Waals surface area contributed by atoms with E-state index in [4.69, 9.17) is 35.1 Å². The van der Waals surface area contributed by atoms with Gasteiger partial charge in [-0.2, -0.15) is 0 Å². The minimum Gasteiger partial charge on any atom is -0.325 e. The minimum absolute atomic E-state index is 0.192. The van der Waals surface area contributed by atoms with Crippen LogP contribution in [0.25, 0.3) is 0 Å². The molecule has 0 atom stereocenters. The summed E-state index contributed by atoms with van der Waals surface area (Å²) >= 11 is 6.40. The molecule has 0 spiro atoms. The van der Waals surface area contributed by atoms with Gasteiger partial charge in [0.1, 0.15) is 0 Å². The fourth-order valence-electron chi connectivity index (χ4n) is 2.30. The van der Waals surface area contributed by atoms with Crippen LogP contribution in [0.5, 0.6) is 0 Å². The summed E-state index contributed by atoms with van der Waals surface area (Å²) < 4.78 is 1.74. The Morgan fingerprint density at radius 2 is 1.20 bits per heavy atom. The van der Waals surface area contributed by atoms with E-state index in [1.54, 1.807) is 4.16 Å². The molecular weight excluding hydrogens is 458 g/mol. The number of hydrogen-bond donors (Lipinski definition) is 7. The standard InChI is InChI=1S/C7H16N.C6H5.2H3O3PS.Zn/c1-3-5-7(8)6-4-2;1-2-4-6-5-3-1;2*1-4(2,3)5;/h3-6,8H2,1-2H3;1-5H;2*(H3,1,2,3,5);. The molecule has 0 fully saturated rings. The van der Waals surface area contributed by atoms with Crippen molar-refractivity contribution in [2.75, 3.05) is 0 Å². The maximum Gasteiger partial charge on any atom is 0.319 e. The largest absolute Gasteiger partial charge is 0.325 e. The van der Waals surface area contributed by atoms with Crippen molar-refractivity contribution in [1.82, 2.24) is 0 Å². The van der Waals surface area contributed by atoms with Crippen LogP contribution in [0, 0.1) is 0 Å². The van der Waals surface area contributed by atoms with E-state index in [2.05, 4.69) is 67.8 Å². The molecule has 0 bridgehead atoms. The van der Waals surface area contributed by atoms with Crippen LogP contribution in [0.15, 0.2) is 30.3 Å². The van der Waals surface area contributed by atoms with Crippen LogP contribution in [0.1, 0.15) is 39.5 Å². The first-order chi connectivity index (χ1) is 11.2. The van der Waals surface area contributed by atoms with Crippen molar-refractivity contribution in [2.24, 2.45) is 5.73 Å². The molecule has 0 saturated carbocycles. The van der Waals surface area contributed by atoms with E-state index < -0.39 is 30.6 Å². The Morgan fingerprint density at radius 3 is 1.48 bits per heavy atom. The zero-order chi connectivity index (χ0) is 20.1. The summed E-state index contributed by atoms with van der Waals surface area (Å²) in [5, 5.41) is 0. The van der Waals surface area contributed by atoms with E-state index in [1.165, 1.54) is 25.7 Å². The molecule has 1 rings (SSSR count). The molecule has 0 aromatic heterocycles. The zero-order valence-electron chi connectivity index (χ0n) is 14.4. The molecule has 0 saturated heterocycles. The van der Waals surface area contributed by atoms with Gasteiger partial charge in [-0.05, 0) is 23.6 Å². The van der Waals surface area contributed by atoms with Gasteiger partial charge in [-0.25, -0.2) is 0 Å². The van der Waals surface area contributed by atoms with Gasteiger partial charge in [-0.3, -0.25) is 0 Å². The summed E-state index contributed by atoms with van der Waals surface area (Å²) in [6.07, 6.45) is 4.84. The SMILES string of the molecule is CCC[C](N)(CCC)[Zn][c]1ccccc1.OP(O)(O)=S.OP(O)(O)=S. The third kappa shape index (κ3) is 27.2. The smallest absolute Gasteiger partial charge is 0.319 e. The van der Waals surface area contributed by atoms with Gasteiger partial charge in [0.05, 0.1) is 0 Å².